The van der Waals surface area contributed by atoms with Crippen LogP contribution in [0.4, 0.5) is 0 Å². The molecule has 2 nitrogen and oxygen atoms in total. The fourth-order valence-electron chi connectivity index (χ4n) is 0. The zero-order valence-electron chi connectivity index (χ0n) is 6.55. The molecule has 0 heterocycles. The van der Waals surface area contributed by atoms with E-state index < -0.39 is 11.1 Å². The van der Waals surface area contributed by atoms with E-state index in [4.69, 9.17) is 4.55 Å². The van der Waals surface area contributed by atoms with Gasteiger partial charge in [-0.15, -0.1) is 0 Å². The quantitative estimate of drug-likeness (QED) is 0.435. The van der Waals surface area contributed by atoms with E-state index in [1.54, 1.807) is 13.8 Å². The van der Waals surface area contributed by atoms with E-state index in [1.165, 1.54) is 0 Å². The van der Waals surface area contributed by atoms with E-state index in [0.717, 1.165) is 0 Å². The van der Waals surface area contributed by atoms with Crippen molar-refractivity contribution in [1.82, 2.24) is 0 Å². The van der Waals surface area contributed by atoms with E-state index in [9.17, 15) is 4.21 Å². The van der Waals surface area contributed by atoms with Gasteiger partial charge in [-0.2, -0.15) is 0 Å². The molecule has 0 aromatic carbocycles. The minimum atomic E-state index is -1.62. The van der Waals surface area contributed by atoms with Crippen molar-refractivity contribution in [3.8, 4) is 0 Å². The Morgan fingerprint density at radius 1 is 1.71 bits per heavy atom. The van der Waals surface area contributed by atoms with E-state index in [1.807, 2.05) is 0 Å². The van der Waals surface area contributed by atoms with Gasteiger partial charge in [0.1, 0.15) is 0 Å². The number of rotatable bonds is 1. The zero-order valence-corrected chi connectivity index (χ0v) is 7.57. The molecule has 7 heavy (non-hydrogen) atoms. The Hall–Kier alpha value is 1.37. The van der Waals surface area contributed by atoms with Crippen molar-refractivity contribution >= 4 is 48.8 Å². The topological polar surface area (TPSA) is 37.3 Å². The third-order valence-electron chi connectivity index (χ3n) is 0.403. The van der Waals surface area contributed by atoms with Crippen molar-refractivity contribution in [2.75, 3.05) is 0 Å². The van der Waals surface area contributed by atoms with E-state index >= 15 is 0 Å². The van der Waals surface area contributed by atoms with Gasteiger partial charge in [-0.1, -0.05) is 0 Å². The summed E-state index contributed by atoms with van der Waals surface area (Å²) in [6.07, 6.45) is 0. The Morgan fingerprint density at radius 2 is 1.86 bits per heavy atom. The maximum absolute atomic E-state index is 9.81. The van der Waals surface area contributed by atoms with Gasteiger partial charge < -0.3 is 7.41 Å². The molecule has 0 amide bonds. The molecule has 0 saturated carbocycles. The molecule has 0 aliphatic rings. The second-order valence-corrected chi connectivity index (χ2v) is 2.82. The maximum Gasteiger partial charge on any atom is 2.00 e. The maximum atomic E-state index is 9.81. The Morgan fingerprint density at radius 3 is 1.86 bits per heavy atom. The van der Waals surface area contributed by atoms with E-state index in [2.05, 4.69) is 0 Å². The first-order chi connectivity index (χ1) is 2.64. The van der Waals surface area contributed by atoms with Gasteiger partial charge in [-0.25, -0.2) is 4.21 Å². The summed E-state index contributed by atoms with van der Waals surface area (Å²) in [6.45, 7) is 3.38. The van der Waals surface area contributed by atoms with E-state index in [0.29, 0.717) is 0 Å². The Kier molecular flexibility index (Phi) is 8.81. The van der Waals surface area contributed by atoms with Crippen LogP contribution in [0.25, 0.3) is 0 Å². The first kappa shape index (κ1) is 11.2. The van der Waals surface area contributed by atoms with Gasteiger partial charge in [0.2, 0.25) is 0 Å². The molecule has 1 atom stereocenters. The normalized spacial score (nSPS) is 13.1. The number of hydrogen-bond acceptors (Lipinski definition) is 1. The molecule has 0 rings (SSSR count). The average molecular weight is 150 g/mol. The summed E-state index contributed by atoms with van der Waals surface area (Å²) in [5.74, 6) is 0. The van der Waals surface area contributed by atoms with Crippen LogP contribution < -0.4 is 0 Å². The minimum absolute atomic E-state index is 0. The van der Waals surface area contributed by atoms with Crippen molar-refractivity contribution in [2.45, 2.75) is 19.1 Å². The summed E-state index contributed by atoms with van der Waals surface area (Å²) in [4.78, 5) is 0. The third-order valence-corrected chi connectivity index (χ3v) is 1.21. The van der Waals surface area contributed by atoms with Crippen molar-refractivity contribution in [3.05, 3.63) is 0 Å². The molecular weight excluding hydrogens is 140 g/mol. The summed E-state index contributed by atoms with van der Waals surface area (Å²) < 4.78 is 17.9. The monoisotopic (exact) mass is 150 g/mol. The predicted molar refractivity (Wildman–Crippen MR) is 33.9 cm³/mol. The fourth-order valence-corrected chi connectivity index (χ4v) is 0. The summed E-state index contributed by atoms with van der Waals surface area (Å²) in [5, 5.41) is -0.120. The van der Waals surface area contributed by atoms with Crippen LogP contribution in [-0.2, 0) is 11.1 Å². The van der Waals surface area contributed by atoms with Gasteiger partial charge in [0.15, 0.2) is 11.1 Å². The van der Waals surface area contributed by atoms with E-state index in [-0.39, 0.29) is 45.8 Å². The Balaban J connectivity index is -0.0000000417. The molecule has 1 N–H and O–H groups in total. The van der Waals surface area contributed by atoms with Gasteiger partial charge in [-0.3, -0.25) is 0 Å². The third kappa shape index (κ3) is 7.37. The van der Waals surface area contributed by atoms with Crippen LogP contribution in [0.3, 0.4) is 0 Å². The van der Waals surface area contributed by atoms with Crippen molar-refractivity contribution in [3.63, 3.8) is 0 Å². The van der Waals surface area contributed by atoms with Crippen LogP contribution in [0.15, 0.2) is 0 Å². The van der Waals surface area contributed by atoms with Gasteiger partial charge in [0, 0.05) is 0 Å². The Labute approximate surface area is 78.9 Å². The molecule has 1 unspecified atom stereocenters. The largest absolute Gasteiger partial charge is 2.00 e. The minimum Gasteiger partial charge on any atom is -1.00 e. The molecule has 4 heteroatoms. The fraction of sp³-hybridized carbons (Fsp3) is 1.00. The van der Waals surface area contributed by atoms with Gasteiger partial charge in [0.25, 0.3) is 0 Å². The average Bonchev–Trinajstić information content (AvgIpc) is 1.36. The summed E-state index contributed by atoms with van der Waals surface area (Å²) in [7, 11) is 0. The molecule has 0 aromatic heterocycles. The molecule has 0 fully saturated rings. The molecule has 0 bridgehead atoms. The molecule has 0 radical (unpaired) electrons. The second-order valence-electron chi connectivity index (χ2n) is 1.32. The molecular formula is C3H10CaO2S. The second kappa shape index (κ2) is 5.51. The first-order valence-electron chi connectivity index (χ1n) is 1.74. The smallest absolute Gasteiger partial charge is 1.00 e. The zero-order chi connectivity index (χ0) is 5.15. The predicted octanol–water partition coefficient (Wildman–Crippen LogP) is 0.461. The van der Waals surface area contributed by atoms with Crippen molar-refractivity contribution in [2.24, 2.45) is 0 Å². The van der Waals surface area contributed by atoms with Gasteiger partial charge in [0.05, 0.1) is 5.25 Å². The Bertz CT molecular complexity index is 70.8. The van der Waals surface area contributed by atoms with Crippen LogP contribution in [0.5, 0.6) is 0 Å². The van der Waals surface area contributed by atoms with Crippen LogP contribution in [0.2, 0.25) is 0 Å². The molecule has 0 aliphatic carbocycles. The van der Waals surface area contributed by atoms with Crippen molar-refractivity contribution in [1.29, 1.82) is 0 Å². The van der Waals surface area contributed by atoms with Gasteiger partial charge >= 0.3 is 37.7 Å². The molecule has 0 aliphatic heterocycles. The van der Waals surface area contributed by atoms with Crippen LogP contribution in [0.1, 0.15) is 16.7 Å². The first-order valence-corrected chi connectivity index (χ1v) is 2.91. The SMILES string of the molecule is CC(C)S(=O)O.[Ca+2].[H-].[H-]. The number of hydrogen-bond donors (Lipinski definition) is 1. The van der Waals surface area contributed by atoms with Crippen LogP contribution in [-0.4, -0.2) is 51.7 Å². The molecule has 0 aromatic rings. The molecule has 0 spiro atoms. The standard InChI is InChI=1S/C3H8O2S.Ca.2H/c1-3(2)6(4)5;;;/h3H,1-2H3,(H,4,5);;;/q;+2;2*-1. The van der Waals surface area contributed by atoms with Gasteiger partial charge in [-0.05, 0) is 13.8 Å². The molecule has 42 valence electrons. The van der Waals surface area contributed by atoms with Crippen LogP contribution >= 0.6 is 0 Å². The summed E-state index contributed by atoms with van der Waals surface area (Å²) in [5.41, 5.74) is 0. The van der Waals surface area contributed by atoms with Crippen LogP contribution in [0, 0.1) is 0 Å². The summed E-state index contributed by atoms with van der Waals surface area (Å²) >= 11 is -1.62. The summed E-state index contributed by atoms with van der Waals surface area (Å²) in [6, 6.07) is 0. The van der Waals surface area contributed by atoms with Crippen molar-refractivity contribution < 1.29 is 11.6 Å². The molecule has 0 saturated heterocycles.